The van der Waals surface area contributed by atoms with Gasteiger partial charge in [0.05, 0.1) is 0 Å². The molecule has 1 unspecified atom stereocenters. The fourth-order valence-corrected chi connectivity index (χ4v) is 1.76. The quantitative estimate of drug-likeness (QED) is 0.821. The summed E-state index contributed by atoms with van der Waals surface area (Å²) >= 11 is 0. The Hall–Kier alpha value is -0.860. The van der Waals surface area contributed by atoms with Crippen LogP contribution in [0.2, 0.25) is 0 Å². The van der Waals surface area contributed by atoms with E-state index in [1.165, 1.54) is 5.56 Å². The molecule has 1 atom stereocenters. The highest BCUT2D eigenvalue weighted by Gasteiger charge is 2.11. The summed E-state index contributed by atoms with van der Waals surface area (Å²) in [5.41, 5.74) is 1.42. The molecule has 1 aromatic rings. The average Bonchev–Trinajstić information content (AvgIpc) is 2.31. The first-order valence-corrected chi connectivity index (χ1v) is 6.66. The van der Waals surface area contributed by atoms with E-state index in [1.54, 1.807) is 0 Å². The van der Waals surface area contributed by atoms with E-state index < -0.39 is 0 Å². The number of hydrogen-bond acceptors (Lipinski definition) is 2. The monoisotopic (exact) mass is 234 g/mol. The Morgan fingerprint density at radius 2 is 1.76 bits per heavy atom. The van der Waals surface area contributed by atoms with Crippen LogP contribution < -0.4 is 10.6 Å². The molecule has 2 rings (SSSR count). The summed E-state index contributed by atoms with van der Waals surface area (Å²) in [5.74, 6) is 0.833. The lowest BCUT2D eigenvalue weighted by Gasteiger charge is -2.24. The lowest BCUT2D eigenvalue weighted by Crippen LogP contribution is -2.49. The number of hydrogen-bond donors (Lipinski definition) is 2. The Morgan fingerprint density at radius 1 is 1.12 bits per heavy atom. The van der Waals surface area contributed by atoms with E-state index in [0.29, 0.717) is 6.04 Å². The Balaban J connectivity index is 0.000000317. The van der Waals surface area contributed by atoms with Crippen LogP contribution in [0.3, 0.4) is 0 Å². The van der Waals surface area contributed by atoms with Gasteiger partial charge < -0.3 is 10.6 Å². The summed E-state index contributed by atoms with van der Waals surface area (Å²) in [6, 6.07) is 11.3. The molecule has 1 saturated heterocycles. The second kappa shape index (κ2) is 8.26. The lowest BCUT2D eigenvalue weighted by atomic mass is 10.1. The molecule has 2 heteroatoms. The zero-order valence-electron chi connectivity index (χ0n) is 11.4. The highest BCUT2D eigenvalue weighted by Crippen LogP contribution is 2.03. The van der Waals surface area contributed by atoms with Crippen molar-refractivity contribution in [2.24, 2.45) is 5.92 Å². The van der Waals surface area contributed by atoms with Crippen LogP contribution in [-0.4, -0.2) is 25.7 Å². The van der Waals surface area contributed by atoms with Crippen molar-refractivity contribution in [1.29, 1.82) is 0 Å². The number of nitrogens with one attached hydrogen (secondary N) is 2. The highest BCUT2D eigenvalue weighted by molar-refractivity contribution is 5.16. The highest BCUT2D eigenvalue weighted by atomic mass is 15.0. The molecule has 0 saturated carbocycles. The maximum absolute atomic E-state index is 3.51. The van der Waals surface area contributed by atoms with E-state index in [-0.39, 0.29) is 0 Å². The largest absolute Gasteiger partial charge is 0.314 e. The summed E-state index contributed by atoms with van der Waals surface area (Å²) < 4.78 is 0. The van der Waals surface area contributed by atoms with Gasteiger partial charge in [-0.3, -0.25) is 0 Å². The van der Waals surface area contributed by atoms with Crippen LogP contribution in [0, 0.1) is 5.92 Å². The fraction of sp³-hybridized carbons (Fsp3) is 0.600. The van der Waals surface area contributed by atoms with Crippen LogP contribution >= 0.6 is 0 Å². The van der Waals surface area contributed by atoms with Crippen molar-refractivity contribution in [3.8, 4) is 0 Å². The molecular weight excluding hydrogens is 208 g/mol. The molecule has 0 bridgehead atoms. The van der Waals surface area contributed by atoms with Crippen molar-refractivity contribution in [3.63, 3.8) is 0 Å². The van der Waals surface area contributed by atoms with Gasteiger partial charge in [-0.15, -0.1) is 0 Å². The predicted octanol–water partition coefficient (Wildman–Crippen LogP) is 2.45. The molecule has 0 aliphatic carbocycles. The van der Waals surface area contributed by atoms with Gasteiger partial charge in [0.1, 0.15) is 0 Å². The molecule has 96 valence electrons. The molecule has 1 heterocycles. The molecule has 1 fully saturated rings. The number of benzene rings is 1. The van der Waals surface area contributed by atoms with Gasteiger partial charge in [-0.25, -0.2) is 0 Å². The smallest absolute Gasteiger partial charge is 0.0233 e. The predicted molar refractivity (Wildman–Crippen MR) is 75.3 cm³/mol. The van der Waals surface area contributed by atoms with Crippen molar-refractivity contribution in [2.75, 3.05) is 19.6 Å². The van der Waals surface area contributed by atoms with Crippen molar-refractivity contribution in [3.05, 3.63) is 35.9 Å². The third kappa shape index (κ3) is 7.14. The van der Waals surface area contributed by atoms with E-state index in [0.717, 1.165) is 32.0 Å². The van der Waals surface area contributed by atoms with Crippen LogP contribution in [0.25, 0.3) is 0 Å². The van der Waals surface area contributed by atoms with Gasteiger partial charge in [0.25, 0.3) is 0 Å². The summed E-state index contributed by atoms with van der Waals surface area (Å²) in [6.07, 6.45) is 1.13. The Kier molecular flexibility index (Phi) is 6.90. The van der Waals surface area contributed by atoms with E-state index in [1.807, 2.05) is 0 Å². The summed E-state index contributed by atoms with van der Waals surface area (Å²) in [4.78, 5) is 0. The molecule has 2 N–H and O–H groups in total. The normalized spacial score (nSPS) is 19.6. The van der Waals surface area contributed by atoms with Gasteiger partial charge in [0.2, 0.25) is 0 Å². The summed E-state index contributed by atoms with van der Waals surface area (Å²) in [5, 5.41) is 6.90. The number of rotatable bonds is 2. The maximum atomic E-state index is 3.51. The molecule has 2 nitrogen and oxygen atoms in total. The van der Waals surface area contributed by atoms with Gasteiger partial charge >= 0.3 is 0 Å². The van der Waals surface area contributed by atoms with Crippen molar-refractivity contribution >= 4 is 0 Å². The molecule has 1 aromatic carbocycles. The molecular formula is C15H26N2. The maximum Gasteiger partial charge on any atom is 0.0233 e. The third-order valence-electron chi connectivity index (χ3n) is 2.45. The first kappa shape index (κ1) is 14.2. The van der Waals surface area contributed by atoms with E-state index in [9.17, 15) is 0 Å². The molecule has 0 spiro atoms. The van der Waals surface area contributed by atoms with Gasteiger partial charge in [-0.1, -0.05) is 51.1 Å². The third-order valence-corrected chi connectivity index (χ3v) is 2.45. The molecule has 0 aromatic heterocycles. The van der Waals surface area contributed by atoms with Crippen LogP contribution in [0.5, 0.6) is 0 Å². The van der Waals surface area contributed by atoms with Crippen LogP contribution in [0.15, 0.2) is 30.3 Å². The second-order valence-electron chi connectivity index (χ2n) is 5.28. The van der Waals surface area contributed by atoms with E-state index >= 15 is 0 Å². The van der Waals surface area contributed by atoms with Crippen molar-refractivity contribution in [2.45, 2.75) is 33.2 Å². The summed E-state index contributed by atoms with van der Waals surface area (Å²) in [7, 11) is 0. The second-order valence-corrected chi connectivity index (χ2v) is 5.28. The zero-order valence-corrected chi connectivity index (χ0v) is 11.4. The number of piperazine rings is 1. The minimum atomic E-state index is 0.608. The van der Waals surface area contributed by atoms with Gasteiger partial charge in [0.15, 0.2) is 0 Å². The average molecular weight is 234 g/mol. The van der Waals surface area contributed by atoms with Gasteiger partial charge in [0, 0.05) is 25.7 Å². The minimum Gasteiger partial charge on any atom is -0.314 e. The van der Waals surface area contributed by atoms with Gasteiger partial charge in [-0.05, 0) is 17.9 Å². The van der Waals surface area contributed by atoms with Crippen LogP contribution in [0.1, 0.15) is 26.3 Å². The molecule has 1 aliphatic heterocycles. The van der Waals surface area contributed by atoms with Crippen LogP contribution in [0.4, 0.5) is 0 Å². The molecule has 0 radical (unpaired) electrons. The molecule has 17 heavy (non-hydrogen) atoms. The SMILES string of the molecule is CC(C)C.c1ccc(CC2CNCCN2)cc1. The summed E-state index contributed by atoms with van der Waals surface area (Å²) in [6.45, 7) is 9.79. The van der Waals surface area contributed by atoms with Crippen LogP contribution in [-0.2, 0) is 6.42 Å². The molecule has 1 aliphatic rings. The Labute approximate surface area is 106 Å². The first-order valence-electron chi connectivity index (χ1n) is 6.66. The standard InChI is InChI=1S/C11H16N2.C4H10/c1-2-4-10(5-3-1)8-11-9-12-6-7-13-11;1-4(2)3/h1-5,11-13H,6-9H2;4H,1-3H3. The van der Waals surface area contributed by atoms with Crippen molar-refractivity contribution in [1.82, 2.24) is 10.6 Å². The zero-order chi connectivity index (χ0) is 12.5. The fourth-order valence-electron chi connectivity index (χ4n) is 1.76. The lowest BCUT2D eigenvalue weighted by molar-refractivity contribution is 0.416. The van der Waals surface area contributed by atoms with E-state index in [2.05, 4.69) is 61.7 Å². The molecule has 0 amide bonds. The van der Waals surface area contributed by atoms with E-state index in [4.69, 9.17) is 0 Å². The Morgan fingerprint density at radius 3 is 2.29 bits per heavy atom. The minimum absolute atomic E-state index is 0.608. The van der Waals surface area contributed by atoms with Crippen molar-refractivity contribution < 1.29 is 0 Å². The Bertz CT molecular complexity index is 273. The first-order chi connectivity index (χ1) is 8.18. The topological polar surface area (TPSA) is 24.1 Å². The van der Waals surface area contributed by atoms with Gasteiger partial charge in [-0.2, -0.15) is 0 Å².